The van der Waals surface area contributed by atoms with E-state index in [4.69, 9.17) is 4.74 Å². The van der Waals surface area contributed by atoms with Crippen molar-refractivity contribution < 1.29 is 13.2 Å². The summed E-state index contributed by atoms with van der Waals surface area (Å²) in [6, 6.07) is 11.0. The van der Waals surface area contributed by atoms with Gasteiger partial charge in [-0.15, -0.1) is 11.3 Å². The summed E-state index contributed by atoms with van der Waals surface area (Å²) in [6.07, 6.45) is 0.650. The molecule has 0 saturated carbocycles. The number of hydrogen-bond acceptors (Lipinski definition) is 4. The minimum atomic E-state index is -3.36. The van der Waals surface area contributed by atoms with E-state index >= 15 is 0 Å². The van der Waals surface area contributed by atoms with Crippen molar-refractivity contribution in [3.8, 4) is 5.75 Å². The fraction of sp³-hybridized carbons (Fsp3) is 0.286. The molecule has 0 unspecified atom stereocenters. The van der Waals surface area contributed by atoms with Crippen LogP contribution >= 0.6 is 11.3 Å². The van der Waals surface area contributed by atoms with E-state index in [1.165, 1.54) is 11.3 Å². The van der Waals surface area contributed by atoms with Crippen LogP contribution in [0.3, 0.4) is 0 Å². The Balaban J connectivity index is 1.87. The lowest BCUT2D eigenvalue weighted by Crippen LogP contribution is -2.25. The van der Waals surface area contributed by atoms with Crippen molar-refractivity contribution in [3.05, 3.63) is 47.3 Å². The summed E-state index contributed by atoms with van der Waals surface area (Å²) in [5.74, 6) is 0.829. The Bertz CT molecular complexity index is 619. The maximum absolute atomic E-state index is 11.9. The van der Waals surface area contributed by atoms with E-state index in [0.29, 0.717) is 23.8 Å². The second-order valence-electron chi connectivity index (χ2n) is 4.16. The van der Waals surface area contributed by atoms with E-state index in [9.17, 15) is 8.42 Å². The Morgan fingerprint density at radius 2 is 1.95 bits per heavy atom. The normalized spacial score (nSPS) is 11.4. The van der Waals surface area contributed by atoms with Gasteiger partial charge < -0.3 is 4.74 Å². The molecule has 108 valence electrons. The Kier molecular flexibility index (Phi) is 5.17. The highest BCUT2D eigenvalue weighted by atomic mass is 32.2. The highest BCUT2D eigenvalue weighted by molar-refractivity contribution is 7.91. The summed E-state index contributed by atoms with van der Waals surface area (Å²) in [4.78, 5) is 0. The van der Waals surface area contributed by atoms with Gasteiger partial charge in [-0.2, -0.15) is 0 Å². The minimum absolute atomic E-state index is 0.351. The summed E-state index contributed by atoms with van der Waals surface area (Å²) in [6.45, 7) is 2.96. The molecule has 0 radical (unpaired) electrons. The maximum atomic E-state index is 11.9. The second kappa shape index (κ2) is 6.88. The van der Waals surface area contributed by atoms with Gasteiger partial charge in [0.2, 0.25) is 10.0 Å². The molecular weight excluding hydrogens is 294 g/mol. The standard InChI is InChI=1S/C14H17NO3S2/c1-2-18-13-7-5-12(6-8-13)9-10-15-20(16,17)14-4-3-11-19-14/h3-8,11,15H,2,9-10H2,1H3. The molecule has 20 heavy (non-hydrogen) atoms. The largest absolute Gasteiger partial charge is 0.494 e. The molecule has 1 aromatic carbocycles. The zero-order valence-electron chi connectivity index (χ0n) is 11.2. The molecule has 4 nitrogen and oxygen atoms in total. The number of sulfonamides is 1. The molecule has 0 aliphatic heterocycles. The molecule has 2 rings (SSSR count). The lowest BCUT2D eigenvalue weighted by atomic mass is 10.1. The van der Waals surface area contributed by atoms with Crippen molar-refractivity contribution in [3.63, 3.8) is 0 Å². The van der Waals surface area contributed by atoms with E-state index in [-0.39, 0.29) is 0 Å². The van der Waals surface area contributed by atoms with Gasteiger partial charge >= 0.3 is 0 Å². The van der Waals surface area contributed by atoms with Crippen molar-refractivity contribution >= 4 is 21.4 Å². The average Bonchev–Trinajstić information content (AvgIpc) is 2.96. The zero-order valence-corrected chi connectivity index (χ0v) is 12.8. The first-order valence-corrected chi connectivity index (χ1v) is 8.73. The molecule has 2 aromatic rings. The fourth-order valence-corrected chi connectivity index (χ4v) is 3.81. The maximum Gasteiger partial charge on any atom is 0.250 e. The van der Waals surface area contributed by atoms with Crippen LogP contribution in [-0.4, -0.2) is 21.6 Å². The SMILES string of the molecule is CCOc1ccc(CCNS(=O)(=O)c2cccs2)cc1. The van der Waals surface area contributed by atoms with E-state index in [1.54, 1.807) is 17.5 Å². The summed E-state index contributed by atoms with van der Waals surface area (Å²) in [5.41, 5.74) is 1.07. The zero-order chi connectivity index (χ0) is 14.4. The van der Waals surface area contributed by atoms with Gasteiger partial charge in [0.15, 0.2) is 0 Å². The van der Waals surface area contributed by atoms with Gasteiger partial charge in [0.05, 0.1) is 6.61 Å². The molecule has 0 amide bonds. The minimum Gasteiger partial charge on any atom is -0.494 e. The van der Waals surface area contributed by atoms with E-state index in [2.05, 4.69) is 4.72 Å². The van der Waals surface area contributed by atoms with Crippen LogP contribution in [0.5, 0.6) is 5.75 Å². The third-order valence-corrected chi connectivity index (χ3v) is 5.56. The fourth-order valence-electron chi connectivity index (χ4n) is 1.74. The van der Waals surface area contributed by atoms with Crippen LogP contribution in [0.1, 0.15) is 12.5 Å². The van der Waals surface area contributed by atoms with Crippen molar-refractivity contribution in [1.29, 1.82) is 0 Å². The Morgan fingerprint density at radius 1 is 1.20 bits per heavy atom. The van der Waals surface area contributed by atoms with Crippen LogP contribution in [0, 0.1) is 0 Å². The lowest BCUT2D eigenvalue weighted by Gasteiger charge is -2.06. The smallest absolute Gasteiger partial charge is 0.250 e. The van der Waals surface area contributed by atoms with Gasteiger partial charge in [-0.25, -0.2) is 13.1 Å². The van der Waals surface area contributed by atoms with Crippen molar-refractivity contribution in [2.75, 3.05) is 13.2 Å². The second-order valence-corrected chi connectivity index (χ2v) is 7.10. The third-order valence-electron chi connectivity index (χ3n) is 2.70. The molecule has 1 aromatic heterocycles. The van der Waals surface area contributed by atoms with Crippen LogP contribution in [0.15, 0.2) is 46.0 Å². The first kappa shape index (κ1) is 15.0. The Morgan fingerprint density at radius 3 is 2.55 bits per heavy atom. The topological polar surface area (TPSA) is 55.4 Å². The highest BCUT2D eigenvalue weighted by Crippen LogP contribution is 2.15. The van der Waals surface area contributed by atoms with Crippen LogP contribution in [-0.2, 0) is 16.4 Å². The third kappa shape index (κ3) is 4.06. The molecular formula is C14H17NO3S2. The van der Waals surface area contributed by atoms with Crippen LogP contribution in [0.25, 0.3) is 0 Å². The molecule has 6 heteroatoms. The molecule has 0 spiro atoms. The van der Waals surface area contributed by atoms with Crippen LogP contribution in [0.4, 0.5) is 0 Å². The Labute approximate surface area is 123 Å². The number of nitrogens with one attached hydrogen (secondary N) is 1. The molecule has 0 atom stereocenters. The lowest BCUT2D eigenvalue weighted by molar-refractivity contribution is 0.340. The van der Waals surface area contributed by atoms with Gasteiger partial charge in [-0.3, -0.25) is 0 Å². The van der Waals surface area contributed by atoms with E-state index in [0.717, 1.165) is 11.3 Å². The molecule has 1 heterocycles. The van der Waals surface area contributed by atoms with Crippen molar-refractivity contribution in [1.82, 2.24) is 4.72 Å². The first-order valence-electron chi connectivity index (χ1n) is 6.37. The highest BCUT2D eigenvalue weighted by Gasteiger charge is 2.13. The molecule has 0 bridgehead atoms. The summed E-state index contributed by atoms with van der Waals surface area (Å²) in [5, 5.41) is 1.75. The molecule has 0 aliphatic carbocycles. The van der Waals surface area contributed by atoms with Gasteiger partial charge in [0, 0.05) is 6.54 Å². The van der Waals surface area contributed by atoms with Gasteiger partial charge in [-0.1, -0.05) is 18.2 Å². The van der Waals surface area contributed by atoms with Crippen LogP contribution < -0.4 is 9.46 Å². The number of benzene rings is 1. The van der Waals surface area contributed by atoms with Gasteiger partial charge in [-0.05, 0) is 42.5 Å². The molecule has 0 fully saturated rings. The summed E-state index contributed by atoms with van der Waals surface area (Å²) in [7, 11) is -3.36. The molecule has 0 saturated heterocycles. The van der Waals surface area contributed by atoms with Crippen LogP contribution in [0.2, 0.25) is 0 Å². The molecule has 0 aliphatic rings. The monoisotopic (exact) mass is 311 g/mol. The van der Waals surface area contributed by atoms with Gasteiger partial charge in [0.1, 0.15) is 9.96 Å². The van der Waals surface area contributed by atoms with E-state index < -0.39 is 10.0 Å². The first-order chi connectivity index (χ1) is 9.62. The van der Waals surface area contributed by atoms with Crippen molar-refractivity contribution in [2.45, 2.75) is 17.6 Å². The number of thiophene rings is 1. The number of hydrogen-bond donors (Lipinski definition) is 1. The summed E-state index contributed by atoms with van der Waals surface area (Å²) >= 11 is 1.22. The number of ether oxygens (including phenoxy) is 1. The van der Waals surface area contributed by atoms with Crippen molar-refractivity contribution in [2.24, 2.45) is 0 Å². The quantitative estimate of drug-likeness (QED) is 0.855. The number of rotatable bonds is 7. The predicted octanol–water partition coefficient (Wildman–Crippen LogP) is 2.67. The average molecular weight is 311 g/mol. The molecule has 1 N–H and O–H groups in total. The van der Waals surface area contributed by atoms with E-state index in [1.807, 2.05) is 31.2 Å². The Hall–Kier alpha value is -1.37. The summed E-state index contributed by atoms with van der Waals surface area (Å²) < 4.78 is 32.1. The predicted molar refractivity (Wildman–Crippen MR) is 80.8 cm³/mol. The van der Waals surface area contributed by atoms with Gasteiger partial charge in [0.25, 0.3) is 0 Å².